The van der Waals surface area contributed by atoms with E-state index in [1.165, 1.54) is 12.5 Å². The summed E-state index contributed by atoms with van der Waals surface area (Å²) < 4.78 is 0. The van der Waals surface area contributed by atoms with Crippen molar-refractivity contribution < 1.29 is 14.7 Å². The maximum atomic E-state index is 11.3. The van der Waals surface area contributed by atoms with E-state index < -0.39 is 5.97 Å². The van der Waals surface area contributed by atoms with Crippen molar-refractivity contribution in [1.82, 2.24) is 5.32 Å². The molecular weight excluding hydrogens is 182 g/mol. The predicted octanol–water partition coefficient (Wildman–Crippen LogP) is 1.28. The van der Waals surface area contributed by atoms with E-state index in [1.54, 1.807) is 6.92 Å². The highest BCUT2D eigenvalue weighted by Crippen LogP contribution is 2.29. The molecule has 4 heteroatoms. The zero-order valence-electron chi connectivity index (χ0n) is 8.25. The first kappa shape index (κ1) is 10.8. The van der Waals surface area contributed by atoms with E-state index in [2.05, 4.69) is 5.32 Å². The van der Waals surface area contributed by atoms with Gasteiger partial charge in [-0.05, 0) is 25.7 Å². The Labute approximate surface area is 83.0 Å². The average Bonchev–Trinajstić information content (AvgIpc) is 2.07. The van der Waals surface area contributed by atoms with Crippen molar-refractivity contribution in [2.24, 2.45) is 5.92 Å². The fraction of sp³-hybridized carbons (Fsp3) is 0.600. The minimum Gasteiger partial charge on any atom is -0.477 e. The molecule has 0 unspecified atom stereocenters. The first-order valence-electron chi connectivity index (χ1n) is 4.83. The summed E-state index contributed by atoms with van der Waals surface area (Å²) in [5.74, 6) is -0.818. The standard InChI is InChI=1S/C10H15NO3/c1-2-8(10(13)14)11-9(12)6-7-4-3-5-7/h2,7H,3-6H2,1H3,(H,11,12)(H,13,14)/b8-2+. The largest absolute Gasteiger partial charge is 0.477 e. The first-order chi connectivity index (χ1) is 6.63. The molecule has 0 bridgehead atoms. The molecule has 1 fully saturated rings. The molecule has 1 aliphatic rings. The molecule has 14 heavy (non-hydrogen) atoms. The van der Waals surface area contributed by atoms with Crippen molar-refractivity contribution in [2.75, 3.05) is 0 Å². The van der Waals surface area contributed by atoms with Gasteiger partial charge in [-0.1, -0.05) is 12.5 Å². The minimum atomic E-state index is -1.09. The van der Waals surface area contributed by atoms with Gasteiger partial charge in [-0.2, -0.15) is 0 Å². The second kappa shape index (κ2) is 4.79. The SMILES string of the molecule is C/C=C(/NC(=O)CC1CCC1)C(=O)O. The van der Waals surface area contributed by atoms with E-state index in [0.29, 0.717) is 12.3 Å². The lowest BCUT2D eigenvalue weighted by Gasteiger charge is -2.24. The van der Waals surface area contributed by atoms with Gasteiger partial charge in [-0.15, -0.1) is 0 Å². The van der Waals surface area contributed by atoms with E-state index in [9.17, 15) is 9.59 Å². The first-order valence-corrected chi connectivity index (χ1v) is 4.83. The Morgan fingerprint density at radius 2 is 2.14 bits per heavy atom. The molecule has 2 N–H and O–H groups in total. The molecule has 1 rings (SSSR count). The third-order valence-electron chi connectivity index (χ3n) is 2.49. The molecule has 0 aromatic heterocycles. The molecule has 0 aromatic rings. The number of aliphatic carboxylic acids is 1. The molecule has 0 aromatic carbocycles. The molecule has 1 saturated carbocycles. The van der Waals surface area contributed by atoms with E-state index >= 15 is 0 Å². The Bertz CT molecular complexity index is 267. The van der Waals surface area contributed by atoms with Crippen LogP contribution in [0, 0.1) is 5.92 Å². The van der Waals surface area contributed by atoms with Crippen LogP contribution in [-0.4, -0.2) is 17.0 Å². The van der Waals surface area contributed by atoms with Gasteiger partial charge in [0.2, 0.25) is 5.91 Å². The summed E-state index contributed by atoms with van der Waals surface area (Å²) in [6.07, 6.45) is 5.20. The summed E-state index contributed by atoms with van der Waals surface area (Å²) in [4.78, 5) is 21.9. The summed E-state index contributed by atoms with van der Waals surface area (Å²) in [6.45, 7) is 1.59. The van der Waals surface area contributed by atoms with Crippen LogP contribution >= 0.6 is 0 Å². The second-order valence-electron chi connectivity index (χ2n) is 3.56. The van der Waals surface area contributed by atoms with Gasteiger partial charge in [0.25, 0.3) is 0 Å². The van der Waals surface area contributed by atoms with Gasteiger partial charge < -0.3 is 10.4 Å². The number of amides is 1. The molecule has 0 spiro atoms. The van der Waals surface area contributed by atoms with Crippen LogP contribution in [0.25, 0.3) is 0 Å². The predicted molar refractivity (Wildman–Crippen MR) is 51.5 cm³/mol. The number of nitrogens with one attached hydrogen (secondary N) is 1. The molecule has 0 heterocycles. The summed E-state index contributed by atoms with van der Waals surface area (Å²) >= 11 is 0. The molecule has 78 valence electrons. The van der Waals surface area contributed by atoms with Crippen molar-refractivity contribution in [3.63, 3.8) is 0 Å². The number of carboxylic acid groups (broad SMARTS) is 1. The van der Waals surface area contributed by atoms with Crippen LogP contribution in [-0.2, 0) is 9.59 Å². The highest BCUT2D eigenvalue weighted by molar-refractivity contribution is 5.92. The smallest absolute Gasteiger partial charge is 0.352 e. The maximum Gasteiger partial charge on any atom is 0.352 e. The van der Waals surface area contributed by atoms with Gasteiger partial charge in [0.05, 0.1) is 0 Å². The van der Waals surface area contributed by atoms with Gasteiger partial charge in [0, 0.05) is 6.42 Å². The monoisotopic (exact) mass is 197 g/mol. The number of hydrogen-bond donors (Lipinski definition) is 2. The van der Waals surface area contributed by atoms with Crippen molar-refractivity contribution in [3.8, 4) is 0 Å². The topological polar surface area (TPSA) is 66.4 Å². The highest BCUT2D eigenvalue weighted by Gasteiger charge is 2.21. The van der Waals surface area contributed by atoms with E-state index in [1.807, 2.05) is 0 Å². The minimum absolute atomic E-state index is 0.0330. The number of allylic oxidation sites excluding steroid dienone is 1. The van der Waals surface area contributed by atoms with Crippen LogP contribution in [0.2, 0.25) is 0 Å². The molecule has 0 atom stereocenters. The van der Waals surface area contributed by atoms with Gasteiger partial charge in [0.1, 0.15) is 5.70 Å². The molecule has 0 aliphatic heterocycles. The fourth-order valence-corrected chi connectivity index (χ4v) is 1.41. The Morgan fingerprint density at radius 1 is 1.50 bits per heavy atom. The number of carbonyl (C=O) groups is 2. The van der Waals surface area contributed by atoms with Crippen molar-refractivity contribution in [2.45, 2.75) is 32.6 Å². The molecule has 1 amide bonds. The van der Waals surface area contributed by atoms with Crippen molar-refractivity contribution in [3.05, 3.63) is 11.8 Å². The summed E-state index contributed by atoms with van der Waals surface area (Å²) in [6, 6.07) is 0. The lowest BCUT2D eigenvalue weighted by Crippen LogP contribution is -2.30. The molecule has 0 saturated heterocycles. The van der Waals surface area contributed by atoms with E-state index in [4.69, 9.17) is 5.11 Å². The zero-order chi connectivity index (χ0) is 10.6. The fourth-order valence-electron chi connectivity index (χ4n) is 1.41. The quantitative estimate of drug-likeness (QED) is 0.667. The van der Waals surface area contributed by atoms with Crippen LogP contribution < -0.4 is 5.32 Å². The number of rotatable bonds is 4. The van der Waals surface area contributed by atoms with Crippen LogP contribution in [0.3, 0.4) is 0 Å². The van der Waals surface area contributed by atoms with Crippen LogP contribution in [0.15, 0.2) is 11.8 Å². The molecule has 1 aliphatic carbocycles. The van der Waals surface area contributed by atoms with Crippen molar-refractivity contribution in [1.29, 1.82) is 0 Å². The van der Waals surface area contributed by atoms with Gasteiger partial charge in [-0.25, -0.2) is 4.79 Å². The Kier molecular flexibility index (Phi) is 3.68. The van der Waals surface area contributed by atoms with E-state index in [0.717, 1.165) is 12.8 Å². The van der Waals surface area contributed by atoms with Gasteiger partial charge in [0.15, 0.2) is 0 Å². The van der Waals surface area contributed by atoms with Crippen molar-refractivity contribution >= 4 is 11.9 Å². The van der Waals surface area contributed by atoms with Gasteiger partial charge >= 0.3 is 5.97 Å². The lowest BCUT2D eigenvalue weighted by atomic mass is 9.83. The summed E-state index contributed by atoms with van der Waals surface area (Å²) in [5.41, 5.74) is -0.0330. The second-order valence-corrected chi connectivity index (χ2v) is 3.56. The zero-order valence-corrected chi connectivity index (χ0v) is 8.25. The third kappa shape index (κ3) is 2.87. The third-order valence-corrected chi connectivity index (χ3v) is 2.49. The lowest BCUT2D eigenvalue weighted by molar-refractivity contribution is -0.134. The maximum absolute atomic E-state index is 11.3. The number of carboxylic acids is 1. The Balaban J connectivity index is 2.34. The molecule has 4 nitrogen and oxygen atoms in total. The number of hydrogen-bond acceptors (Lipinski definition) is 2. The van der Waals surface area contributed by atoms with E-state index in [-0.39, 0.29) is 11.6 Å². The normalized spacial score (nSPS) is 17.4. The average molecular weight is 197 g/mol. The van der Waals surface area contributed by atoms with Crippen LogP contribution in [0.4, 0.5) is 0 Å². The molecule has 0 radical (unpaired) electrons. The summed E-state index contributed by atoms with van der Waals surface area (Å²) in [7, 11) is 0. The Morgan fingerprint density at radius 3 is 2.50 bits per heavy atom. The number of carbonyl (C=O) groups excluding carboxylic acids is 1. The highest BCUT2D eigenvalue weighted by atomic mass is 16.4. The summed E-state index contributed by atoms with van der Waals surface area (Å²) in [5, 5.41) is 11.0. The van der Waals surface area contributed by atoms with Crippen LogP contribution in [0.1, 0.15) is 32.6 Å². The van der Waals surface area contributed by atoms with Crippen LogP contribution in [0.5, 0.6) is 0 Å². The molecular formula is C10H15NO3. The van der Waals surface area contributed by atoms with Gasteiger partial charge in [-0.3, -0.25) is 4.79 Å². The Hall–Kier alpha value is -1.32.